The van der Waals surface area contributed by atoms with Crippen molar-refractivity contribution < 1.29 is 13.2 Å². The van der Waals surface area contributed by atoms with Crippen LogP contribution in [-0.2, 0) is 6.54 Å². The van der Waals surface area contributed by atoms with Crippen molar-refractivity contribution in [1.82, 2.24) is 10.3 Å². The van der Waals surface area contributed by atoms with Gasteiger partial charge in [-0.2, -0.15) is 5.10 Å². The molecule has 0 saturated carbocycles. The topological polar surface area (TPSA) is 56.9 Å². The number of hydrogen-bond donors (Lipinski definition) is 2. The number of anilines is 1. The van der Waals surface area contributed by atoms with E-state index in [2.05, 4.69) is 27.6 Å². The van der Waals surface area contributed by atoms with Crippen LogP contribution in [0, 0.1) is 17.5 Å². The Balaban J connectivity index is 1.64. The third-order valence-electron chi connectivity index (χ3n) is 4.51. The highest BCUT2D eigenvalue weighted by molar-refractivity contribution is 7.80. The van der Waals surface area contributed by atoms with Crippen molar-refractivity contribution in [3.8, 4) is 0 Å². The number of benzene rings is 2. The van der Waals surface area contributed by atoms with Crippen LogP contribution in [0.3, 0.4) is 0 Å². The second kappa shape index (κ2) is 9.03. The minimum atomic E-state index is -0.598. The third-order valence-corrected chi connectivity index (χ3v) is 4.60. The number of nitrogens with zero attached hydrogens (tertiary/aromatic N) is 3. The number of nitrogens with two attached hydrogens (primary N) is 1. The molecule has 3 rings (SSSR count). The molecule has 3 N–H and O–H groups in total. The Labute approximate surface area is 166 Å². The summed E-state index contributed by atoms with van der Waals surface area (Å²) in [4.78, 5) is 3.87. The van der Waals surface area contributed by atoms with E-state index in [1.807, 2.05) is 0 Å². The lowest BCUT2D eigenvalue weighted by molar-refractivity contribution is 0.246. The first-order chi connectivity index (χ1) is 13.4. The molecule has 0 atom stereocenters. The van der Waals surface area contributed by atoms with Gasteiger partial charge in [0.1, 0.15) is 17.5 Å². The van der Waals surface area contributed by atoms with E-state index in [0.717, 1.165) is 18.3 Å². The maximum Gasteiger partial charge on any atom is 0.184 e. The molecule has 0 aromatic heterocycles. The van der Waals surface area contributed by atoms with Gasteiger partial charge in [-0.25, -0.2) is 13.2 Å². The molecule has 1 heterocycles. The van der Waals surface area contributed by atoms with E-state index in [0.29, 0.717) is 38.3 Å². The van der Waals surface area contributed by atoms with Gasteiger partial charge in [0.25, 0.3) is 0 Å². The smallest absolute Gasteiger partial charge is 0.184 e. The summed E-state index contributed by atoms with van der Waals surface area (Å²) >= 11 is 4.59. The first-order valence-electron chi connectivity index (χ1n) is 8.72. The molecule has 148 valence electrons. The number of hydrogen-bond acceptors (Lipinski definition) is 4. The SMILES string of the molecule is NC(=S)NN=Cc1cc(F)c(N2CCN(Cc3ccccc3F)CC2)cc1F. The Hall–Kier alpha value is -2.65. The Morgan fingerprint density at radius 1 is 1.07 bits per heavy atom. The minimum Gasteiger partial charge on any atom is -0.375 e. The third kappa shape index (κ3) is 4.99. The van der Waals surface area contributed by atoms with Gasteiger partial charge in [0.15, 0.2) is 5.11 Å². The molecule has 28 heavy (non-hydrogen) atoms. The number of thiocarbonyl (C=S) groups is 1. The molecule has 0 unspecified atom stereocenters. The molecule has 1 aliphatic heterocycles. The summed E-state index contributed by atoms with van der Waals surface area (Å²) in [5, 5.41) is 3.58. The summed E-state index contributed by atoms with van der Waals surface area (Å²) in [5.41, 5.74) is 8.33. The molecule has 0 bridgehead atoms. The molecular weight excluding hydrogens is 387 g/mol. The molecule has 0 amide bonds. The summed E-state index contributed by atoms with van der Waals surface area (Å²) in [5.74, 6) is -1.38. The lowest BCUT2D eigenvalue weighted by Crippen LogP contribution is -2.46. The number of hydrazone groups is 1. The van der Waals surface area contributed by atoms with Crippen molar-refractivity contribution in [2.45, 2.75) is 6.54 Å². The largest absolute Gasteiger partial charge is 0.375 e. The van der Waals surface area contributed by atoms with E-state index in [1.54, 1.807) is 23.1 Å². The molecule has 1 aliphatic rings. The number of rotatable bonds is 5. The monoisotopic (exact) mass is 407 g/mol. The van der Waals surface area contributed by atoms with Gasteiger partial charge in [0.2, 0.25) is 0 Å². The predicted octanol–water partition coefficient (Wildman–Crippen LogP) is 2.59. The van der Waals surface area contributed by atoms with Crippen LogP contribution in [0.2, 0.25) is 0 Å². The van der Waals surface area contributed by atoms with Crippen LogP contribution in [0.4, 0.5) is 18.9 Å². The number of halogens is 3. The molecule has 0 radical (unpaired) electrons. The fourth-order valence-corrected chi connectivity index (χ4v) is 3.13. The van der Waals surface area contributed by atoms with Crippen LogP contribution in [0.5, 0.6) is 0 Å². The predicted molar refractivity (Wildman–Crippen MR) is 108 cm³/mol. The van der Waals surface area contributed by atoms with E-state index < -0.39 is 11.6 Å². The highest BCUT2D eigenvalue weighted by Crippen LogP contribution is 2.24. The second-order valence-corrected chi connectivity index (χ2v) is 6.85. The van der Waals surface area contributed by atoms with Crippen molar-refractivity contribution in [2.24, 2.45) is 10.8 Å². The van der Waals surface area contributed by atoms with Gasteiger partial charge in [0, 0.05) is 49.9 Å². The van der Waals surface area contributed by atoms with E-state index in [4.69, 9.17) is 5.73 Å². The highest BCUT2D eigenvalue weighted by atomic mass is 32.1. The Kier molecular flexibility index (Phi) is 6.48. The first kappa shape index (κ1) is 20.1. The van der Waals surface area contributed by atoms with Gasteiger partial charge in [-0.3, -0.25) is 10.3 Å². The van der Waals surface area contributed by atoms with Gasteiger partial charge in [0.05, 0.1) is 11.9 Å². The molecule has 0 spiro atoms. The van der Waals surface area contributed by atoms with Crippen molar-refractivity contribution in [1.29, 1.82) is 0 Å². The summed E-state index contributed by atoms with van der Waals surface area (Å²) < 4.78 is 42.6. The van der Waals surface area contributed by atoms with Gasteiger partial charge >= 0.3 is 0 Å². The molecule has 1 fully saturated rings. The van der Waals surface area contributed by atoms with Crippen molar-refractivity contribution in [2.75, 3.05) is 31.1 Å². The molecule has 5 nitrogen and oxygen atoms in total. The van der Waals surface area contributed by atoms with Crippen LogP contribution in [0.1, 0.15) is 11.1 Å². The fraction of sp³-hybridized carbons (Fsp3) is 0.263. The maximum absolute atomic E-state index is 14.5. The molecule has 2 aromatic rings. The standard InChI is InChI=1S/C19H20F3N5S/c20-15-4-2-1-3-13(15)12-26-5-7-27(8-6-26)18-10-16(21)14(9-17(18)22)11-24-25-19(23)28/h1-4,9-11H,5-8,12H2,(H3,23,25,28). The van der Waals surface area contributed by atoms with E-state index in [1.165, 1.54) is 6.07 Å². The van der Waals surface area contributed by atoms with Crippen LogP contribution in [0.25, 0.3) is 0 Å². The lowest BCUT2D eigenvalue weighted by Gasteiger charge is -2.36. The van der Waals surface area contributed by atoms with Crippen LogP contribution in [-0.4, -0.2) is 42.4 Å². The zero-order valence-corrected chi connectivity index (χ0v) is 15.9. The lowest BCUT2D eigenvalue weighted by atomic mass is 10.1. The summed E-state index contributed by atoms with van der Waals surface area (Å²) in [6.45, 7) is 2.76. The normalized spacial score (nSPS) is 15.2. The molecule has 1 saturated heterocycles. The first-order valence-corrected chi connectivity index (χ1v) is 9.13. The summed E-state index contributed by atoms with van der Waals surface area (Å²) in [6.07, 6.45) is 1.12. The molecular formula is C19H20F3N5S. The van der Waals surface area contributed by atoms with Crippen LogP contribution < -0.4 is 16.1 Å². The van der Waals surface area contributed by atoms with Gasteiger partial charge in [-0.05, 0) is 24.4 Å². The Bertz CT molecular complexity index is 882. The van der Waals surface area contributed by atoms with Gasteiger partial charge in [-0.1, -0.05) is 18.2 Å². The van der Waals surface area contributed by atoms with Crippen LogP contribution >= 0.6 is 12.2 Å². The van der Waals surface area contributed by atoms with Crippen molar-refractivity contribution >= 4 is 29.2 Å². The Morgan fingerprint density at radius 3 is 2.46 bits per heavy atom. The summed E-state index contributed by atoms with van der Waals surface area (Å²) in [7, 11) is 0. The molecule has 9 heteroatoms. The zero-order valence-electron chi connectivity index (χ0n) is 15.0. The van der Waals surface area contributed by atoms with Gasteiger partial charge in [-0.15, -0.1) is 0 Å². The van der Waals surface area contributed by atoms with Crippen molar-refractivity contribution in [3.63, 3.8) is 0 Å². The molecule has 0 aliphatic carbocycles. The zero-order chi connectivity index (χ0) is 20.1. The molecule has 2 aromatic carbocycles. The Morgan fingerprint density at radius 2 is 1.79 bits per heavy atom. The fourth-order valence-electron chi connectivity index (χ4n) is 3.07. The second-order valence-electron chi connectivity index (χ2n) is 6.41. The van der Waals surface area contributed by atoms with Crippen LogP contribution in [0.15, 0.2) is 41.5 Å². The average molecular weight is 407 g/mol. The average Bonchev–Trinajstić information content (AvgIpc) is 2.66. The van der Waals surface area contributed by atoms with E-state index in [9.17, 15) is 13.2 Å². The number of piperazine rings is 1. The highest BCUT2D eigenvalue weighted by Gasteiger charge is 2.21. The van der Waals surface area contributed by atoms with E-state index in [-0.39, 0.29) is 22.2 Å². The van der Waals surface area contributed by atoms with Gasteiger partial charge < -0.3 is 10.6 Å². The summed E-state index contributed by atoms with van der Waals surface area (Å²) in [6, 6.07) is 8.89. The quantitative estimate of drug-likeness (QED) is 0.453. The van der Waals surface area contributed by atoms with E-state index >= 15 is 0 Å². The minimum absolute atomic E-state index is 0.0109. The maximum atomic E-state index is 14.5. The van der Waals surface area contributed by atoms with Crippen molar-refractivity contribution in [3.05, 3.63) is 65.0 Å². The number of nitrogens with one attached hydrogen (secondary N) is 1.